The number of allylic oxidation sites excluding steroid dienone is 1. The molecule has 1 aromatic carbocycles. The summed E-state index contributed by atoms with van der Waals surface area (Å²) in [7, 11) is 3.24. The number of hydrogen-bond donors (Lipinski definition) is 1. The minimum atomic E-state index is -0.630. The Morgan fingerprint density at radius 2 is 1.88 bits per heavy atom. The molecule has 0 radical (unpaired) electrons. The largest absolute Gasteiger partial charge is 0.493 e. The highest BCUT2D eigenvalue weighted by molar-refractivity contribution is 5.46. The van der Waals surface area contributed by atoms with E-state index in [1.807, 2.05) is 25.1 Å². The summed E-state index contributed by atoms with van der Waals surface area (Å²) in [4.78, 5) is 0. The van der Waals surface area contributed by atoms with Gasteiger partial charge in [0.1, 0.15) is 0 Å². The van der Waals surface area contributed by atoms with Crippen LogP contribution in [0, 0.1) is 0 Å². The van der Waals surface area contributed by atoms with Crippen molar-refractivity contribution >= 4 is 0 Å². The number of ether oxygens (including phenoxy) is 4. The van der Waals surface area contributed by atoms with Crippen molar-refractivity contribution in [2.75, 3.05) is 27.4 Å². The quantitative estimate of drug-likeness (QED) is 0.828. The number of aliphatic hydroxyl groups is 1. The van der Waals surface area contributed by atoms with Gasteiger partial charge in [0.2, 0.25) is 0 Å². The van der Waals surface area contributed by atoms with Crippen LogP contribution in [0.25, 0.3) is 0 Å². The number of methoxy groups -OCH3 is 2. The van der Waals surface area contributed by atoms with E-state index in [0.29, 0.717) is 37.6 Å². The zero-order valence-electron chi connectivity index (χ0n) is 15.3. The smallest absolute Gasteiger partial charge is 0.171 e. The Labute approximate surface area is 149 Å². The van der Waals surface area contributed by atoms with Gasteiger partial charge in [0.05, 0.1) is 33.5 Å². The second-order valence-corrected chi connectivity index (χ2v) is 7.19. The van der Waals surface area contributed by atoms with E-state index in [-0.39, 0.29) is 0 Å². The number of benzene rings is 1. The first-order valence-electron chi connectivity index (χ1n) is 8.77. The van der Waals surface area contributed by atoms with Crippen LogP contribution in [-0.4, -0.2) is 44.4 Å². The fourth-order valence-electron chi connectivity index (χ4n) is 4.26. The van der Waals surface area contributed by atoms with Crippen LogP contribution in [0.3, 0.4) is 0 Å². The normalized spacial score (nSPS) is 28.1. The van der Waals surface area contributed by atoms with Gasteiger partial charge < -0.3 is 24.1 Å². The van der Waals surface area contributed by atoms with Gasteiger partial charge in [0.25, 0.3) is 0 Å². The third-order valence-electron chi connectivity index (χ3n) is 5.48. The first-order chi connectivity index (χ1) is 11.9. The second kappa shape index (κ2) is 6.98. The fraction of sp³-hybridized carbons (Fsp3) is 0.600. The Balaban J connectivity index is 1.98. The molecular formula is C20H28O5. The summed E-state index contributed by atoms with van der Waals surface area (Å²) in [6.45, 7) is 7.28. The maximum absolute atomic E-state index is 11.2. The molecule has 1 aliphatic heterocycles. The number of hydrogen-bond acceptors (Lipinski definition) is 5. The molecule has 2 atom stereocenters. The lowest BCUT2D eigenvalue weighted by molar-refractivity contribution is -0.209. The molecule has 2 fully saturated rings. The van der Waals surface area contributed by atoms with Crippen LogP contribution >= 0.6 is 0 Å². The van der Waals surface area contributed by atoms with Gasteiger partial charge in [-0.1, -0.05) is 11.6 Å². The van der Waals surface area contributed by atoms with Crippen LogP contribution in [-0.2, 0) is 14.9 Å². The topological polar surface area (TPSA) is 57.2 Å². The van der Waals surface area contributed by atoms with Gasteiger partial charge in [-0.15, -0.1) is 6.58 Å². The maximum atomic E-state index is 11.2. The van der Waals surface area contributed by atoms with E-state index in [0.717, 1.165) is 24.0 Å². The molecule has 1 saturated heterocycles. The van der Waals surface area contributed by atoms with Crippen LogP contribution < -0.4 is 9.47 Å². The molecule has 2 aliphatic rings. The molecule has 5 heteroatoms. The SMILES string of the molecule is C=C(C)C[C@]1(c2ccc(OC)c(OC)c2)CCC2(C[C@H]1O)OCCO2. The van der Waals surface area contributed by atoms with Gasteiger partial charge in [-0.05, 0) is 37.5 Å². The molecule has 0 aromatic heterocycles. The van der Waals surface area contributed by atoms with Crippen molar-refractivity contribution in [3.8, 4) is 11.5 Å². The molecule has 0 unspecified atom stereocenters. The van der Waals surface area contributed by atoms with Gasteiger partial charge >= 0.3 is 0 Å². The zero-order valence-corrected chi connectivity index (χ0v) is 15.3. The molecule has 1 aliphatic carbocycles. The summed E-state index contributed by atoms with van der Waals surface area (Å²) >= 11 is 0. The van der Waals surface area contributed by atoms with Gasteiger partial charge in [-0.25, -0.2) is 0 Å². The molecular weight excluding hydrogens is 320 g/mol. The lowest BCUT2D eigenvalue weighted by Gasteiger charge is -2.48. The summed E-state index contributed by atoms with van der Waals surface area (Å²) < 4.78 is 22.5. The Bertz CT molecular complexity index is 635. The van der Waals surface area contributed by atoms with E-state index >= 15 is 0 Å². The summed E-state index contributed by atoms with van der Waals surface area (Å²) in [5, 5.41) is 11.2. The van der Waals surface area contributed by atoms with E-state index in [1.165, 1.54) is 0 Å². The summed E-state index contributed by atoms with van der Waals surface area (Å²) in [6, 6.07) is 5.88. The van der Waals surface area contributed by atoms with Crippen LogP contribution in [0.2, 0.25) is 0 Å². The van der Waals surface area contributed by atoms with Gasteiger partial charge in [-0.2, -0.15) is 0 Å². The molecule has 0 bridgehead atoms. The standard InChI is InChI=1S/C20H28O5/c1-14(2)12-19(15-5-6-16(22-3)17(11-15)23-4)7-8-20(13-18(19)21)24-9-10-25-20/h5-6,11,18,21H,1,7-10,12-13H2,2-4H3/t18-,19+/m1/s1. The van der Waals surface area contributed by atoms with Crippen LogP contribution in [0.4, 0.5) is 0 Å². The lowest BCUT2D eigenvalue weighted by Crippen LogP contribution is -2.51. The van der Waals surface area contributed by atoms with Crippen molar-refractivity contribution in [1.29, 1.82) is 0 Å². The lowest BCUT2D eigenvalue weighted by atomic mass is 9.63. The van der Waals surface area contributed by atoms with Crippen molar-refractivity contribution in [2.45, 2.75) is 49.9 Å². The molecule has 25 heavy (non-hydrogen) atoms. The average Bonchev–Trinajstić information content (AvgIpc) is 3.05. The maximum Gasteiger partial charge on any atom is 0.171 e. The van der Waals surface area contributed by atoms with Crippen LogP contribution in [0.5, 0.6) is 11.5 Å². The molecule has 5 nitrogen and oxygen atoms in total. The van der Waals surface area contributed by atoms with Gasteiger partial charge in [-0.3, -0.25) is 0 Å². The molecule has 1 heterocycles. The summed E-state index contributed by atoms with van der Waals surface area (Å²) in [6.07, 6.45) is 2.10. The van der Waals surface area contributed by atoms with Crippen molar-refractivity contribution in [1.82, 2.24) is 0 Å². The van der Waals surface area contributed by atoms with Crippen molar-refractivity contribution in [3.05, 3.63) is 35.9 Å². The van der Waals surface area contributed by atoms with Crippen LogP contribution in [0.15, 0.2) is 30.4 Å². The highest BCUT2D eigenvalue weighted by Crippen LogP contribution is 2.50. The van der Waals surface area contributed by atoms with Crippen molar-refractivity contribution in [2.24, 2.45) is 0 Å². The van der Waals surface area contributed by atoms with Crippen LogP contribution in [0.1, 0.15) is 38.2 Å². The molecule has 1 aromatic rings. The van der Waals surface area contributed by atoms with Gasteiger partial charge in [0, 0.05) is 18.3 Å². The monoisotopic (exact) mass is 348 g/mol. The molecule has 0 amide bonds. The molecule has 3 rings (SSSR count). The highest BCUT2D eigenvalue weighted by Gasteiger charge is 2.52. The Morgan fingerprint density at radius 1 is 1.20 bits per heavy atom. The number of rotatable bonds is 5. The van der Waals surface area contributed by atoms with E-state index < -0.39 is 17.3 Å². The van der Waals surface area contributed by atoms with E-state index in [1.54, 1.807) is 14.2 Å². The Hall–Kier alpha value is -1.56. The van der Waals surface area contributed by atoms with Crippen molar-refractivity contribution in [3.63, 3.8) is 0 Å². The van der Waals surface area contributed by atoms with E-state index in [2.05, 4.69) is 6.58 Å². The molecule has 1 saturated carbocycles. The highest BCUT2D eigenvalue weighted by atomic mass is 16.7. The first kappa shape index (κ1) is 18.2. The minimum Gasteiger partial charge on any atom is -0.493 e. The predicted octanol–water partition coefficient (Wildman–Crippen LogP) is 3.20. The van der Waals surface area contributed by atoms with Gasteiger partial charge in [0.15, 0.2) is 17.3 Å². The molecule has 138 valence electrons. The molecule has 1 N–H and O–H groups in total. The Kier molecular flexibility index (Phi) is 5.09. The third kappa shape index (κ3) is 3.28. The fourth-order valence-corrected chi connectivity index (χ4v) is 4.26. The minimum absolute atomic E-state index is 0.425. The summed E-state index contributed by atoms with van der Waals surface area (Å²) in [5.74, 6) is 0.719. The van der Waals surface area contributed by atoms with Crippen molar-refractivity contribution < 1.29 is 24.1 Å². The zero-order chi connectivity index (χ0) is 18.1. The third-order valence-corrected chi connectivity index (χ3v) is 5.48. The Morgan fingerprint density at radius 3 is 2.44 bits per heavy atom. The first-order valence-corrected chi connectivity index (χ1v) is 8.77. The average molecular weight is 348 g/mol. The molecule has 1 spiro atoms. The predicted molar refractivity (Wildman–Crippen MR) is 95.1 cm³/mol. The van der Waals surface area contributed by atoms with E-state index in [4.69, 9.17) is 18.9 Å². The summed E-state index contributed by atoms with van der Waals surface area (Å²) in [5.41, 5.74) is 1.65. The second-order valence-electron chi connectivity index (χ2n) is 7.19. The number of aliphatic hydroxyl groups excluding tert-OH is 1. The van der Waals surface area contributed by atoms with E-state index in [9.17, 15) is 5.11 Å².